The summed E-state index contributed by atoms with van der Waals surface area (Å²) in [5, 5.41) is 9.80. The van der Waals surface area contributed by atoms with E-state index in [0.717, 1.165) is 5.56 Å². The van der Waals surface area contributed by atoms with Gasteiger partial charge in [-0.25, -0.2) is 8.78 Å². The molecule has 4 rings (SSSR count). The van der Waals surface area contributed by atoms with Crippen molar-refractivity contribution in [2.45, 2.75) is 10.9 Å². The first-order chi connectivity index (χ1) is 14.0. The standard InChI is InChI=1S/C21H13Cl2F2N3S/c22-16-3-1-2-4-19(16)28-20(14-6-8-15(24)9-7-14)26-27-21(28)29-12-13-5-10-18(25)17(23)11-13/h1-11H,12H2. The topological polar surface area (TPSA) is 30.7 Å². The van der Waals surface area contributed by atoms with E-state index in [9.17, 15) is 8.78 Å². The fraction of sp³-hybridized carbons (Fsp3) is 0.0476. The first-order valence-corrected chi connectivity index (χ1v) is 10.3. The average Bonchev–Trinajstić information content (AvgIpc) is 3.13. The highest BCUT2D eigenvalue weighted by atomic mass is 35.5. The number of aromatic nitrogens is 3. The van der Waals surface area contributed by atoms with Crippen LogP contribution < -0.4 is 0 Å². The zero-order valence-electron chi connectivity index (χ0n) is 14.8. The van der Waals surface area contributed by atoms with Gasteiger partial charge >= 0.3 is 0 Å². The van der Waals surface area contributed by atoms with E-state index in [1.54, 1.807) is 30.3 Å². The SMILES string of the molecule is Fc1ccc(-c2nnc(SCc3ccc(F)c(Cl)c3)n2-c2ccccc2Cl)cc1. The Balaban J connectivity index is 1.74. The molecule has 4 aromatic rings. The molecule has 0 aliphatic carbocycles. The Morgan fingerprint density at radius 2 is 1.62 bits per heavy atom. The molecule has 0 radical (unpaired) electrons. The first kappa shape index (κ1) is 19.9. The van der Waals surface area contributed by atoms with Gasteiger partial charge in [0.1, 0.15) is 11.6 Å². The Morgan fingerprint density at radius 3 is 2.34 bits per heavy atom. The first-order valence-electron chi connectivity index (χ1n) is 8.56. The number of halogens is 4. The number of rotatable bonds is 5. The van der Waals surface area contributed by atoms with E-state index in [0.29, 0.717) is 33.0 Å². The Labute approximate surface area is 180 Å². The number of benzene rings is 3. The maximum atomic E-state index is 13.4. The molecule has 29 heavy (non-hydrogen) atoms. The molecule has 3 nitrogen and oxygen atoms in total. The predicted molar refractivity (Wildman–Crippen MR) is 113 cm³/mol. The molecule has 3 aromatic carbocycles. The van der Waals surface area contributed by atoms with Crippen LogP contribution in [0.3, 0.4) is 0 Å². The van der Waals surface area contributed by atoms with Crippen LogP contribution in [0.5, 0.6) is 0 Å². The number of hydrogen-bond donors (Lipinski definition) is 0. The van der Waals surface area contributed by atoms with Gasteiger partial charge in [-0.3, -0.25) is 4.57 Å². The smallest absolute Gasteiger partial charge is 0.196 e. The molecule has 146 valence electrons. The van der Waals surface area contributed by atoms with Gasteiger partial charge in [-0.1, -0.05) is 53.2 Å². The molecule has 0 spiro atoms. The van der Waals surface area contributed by atoms with Crippen molar-refractivity contribution in [2.24, 2.45) is 0 Å². The number of hydrogen-bond acceptors (Lipinski definition) is 3. The molecular formula is C21H13Cl2F2N3S. The minimum atomic E-state index is -0.460. The Hall–Kier alpha value is -2.41. The Bertz CT molecular complexity index is 1160. The Kier molecular flexibility index (Phi) is 5.85. The van der Waals surface area contributed by atoms with Gasteiger partial charge < -0.3 is 0 Å². The summed E-state index contributed by atoms with van der Waals surface area (Å²) in [5.41, 5.74) is 2.26. The lowest BCUT2D eigenvalue weighted by Crippen LogP contribution is -2.00. The molecule has 0 aliphatic heterocycles. The summed E-state index contributed by atoms with van der Waals surface area (Å²) in [6.07, 6.45) is 0. The van der Waals surface area contributed by atoms with Crippen LogP contribution in [0.2, 0.25) is 10.0 Å². The van der Waals surface area contributed by atoms with Crippen LogP contribution in [0.4, 0.5) is 8.78 Å². The lowest BCUT2D eigenvalue weighted by Gasteiger charge is -2.12. The van der Waals surface area contributed by atoms with Crippen molar-refractivity contribution in [3.63, 3.8) is 0 Å². The molecule has 0 amide bonds. The van der Waals surface area contributed by atoms with Crippen LogP contribution in [-0.4, -0.2) is 14.8 Å². The highest BCUT2D eigenvalue weighted by molar-refractivity contribution is 7.98. The monoisotopic (exact) mass is 447 g/mol. The number of nitrogens with zero attached hydrogens (tertiary/aromatic N) is 3. The van der Waals surface area contributed by atoms with E-state index >= 15 is 0 Å². The van der Waals surface area contributed by atoms with E-state index in [2.05, 4.69) is 10.2 Å². The van der Waals surface area contributed by atoms with Crippen LogP contribution in [0.1, 0.15) is 5.56 Å². The third-order valence-electron chi connectivity index (χ3n) is 4.18. The van der Waals surface area contributed by atoms with Crippen molar-refractivity contribution in [1.29, 1.82) is 0 Å². The van der Waals surface area contributed by atoms with Crippen molar-refractivity contribution in [3.05, 3.63) is 94.0 Å². The number of para-hydroxylation sites is 1. The molecule has 0 saturated heterocycles. The minimum Gasteiger partial charge on any atom is -0.269 e. The minimum absolute atomic E-state index is 0.0719. The van der Waals surface area contributed by atoms with Crippen molar-refractivity contribution in [3.8, 4) is 17.1 Å². The zero-order chi connectivity index (χ0) is 20.4. The summed E-state index contributed by atoms with van der Waals surface area (Å²) >= 11 is 13.7. The maximum absolute atomic E-state index is 13.4. The zero-order valence-corrected chi connectivity index (χ0v) is 17.1. The molecule has 8 heteroatoms. The third-order valence-corrected chi connectivity index (χ3v) is 5.79. The van der Waals surface area contributed by atoms with E-state index in [1.807, 2.05) is 22.8 Å². The van der Waals surface area contributed by atoms with Gasteiger partial charge in [-0.15, -0.1) is 10.2 Å². The van der Waals surface area contributed by atoms with E-state index in [4.69, 9.17) is 23.2 Å². The lowest BCUT2D eigenvalue weighted by molar-refractivity contribution is 0.627. The maximum Gasteiger partial charge on any atom is 0.196 e. The van der Waals surface area contributed by atoms with Crippen LogP contribution >= 0.6 is 35.0 Å². The highest BCUT2D eigenvalue weighted by Crippen LogP contribution is 2.33. The van der Waals surface area contributed by atoms with Crippen molar-refractivity contribution in [1.82, 2.24) is 14.8 Å². The van der Waals surface area contributed by atoms with Gasteiger partial charge in [0.25, 0.3) is 0 Å². The Morgan fingerprint density at radius 1 is 0.862 bits per heavy atom. The summed E-state index contributed by atoms with van der Waals surface area (Å²) in [6, 6.07) is 17.9. The molecule has 0 atom stereocenters. The van der Waals surface area contributed by atoms with Crippen molar-refractivity contribution in [2.75, 3.05) is 0 Å². The predicted octanol–water partition coefficient (Wildman–Crippen LogP) is 6.81. The van der Waals surface area contributed by atoms with Crippen molar-refractivity contribution < 1.29 is 8.78 Å². The van der Waals surface area contributed by atoms with E-state index < -0.39 is 5.82 Å². The molecule has 1 heterocycles. The molecule has 0 unspecified atom stereocenters. The fourth-order valence-corrected chi connectivity index (χ4v) is 4.09. The molecule has 0 N–H and O–H groups in total. The highest BCUT2D eigenvalue weighted by Gasteiger charge is 2.18. The van der Waals surface area contributed by atoms with Crippen LogP contribution in [0.25, 0.3) is 17.1 Å². The van der Waals surface area contributed by atoms with Crippen LogP contribution in [-0.2, 0) is 5.75 Å². The number of thioether (sulfide) groups is 1. The average molecular weight is 448 g/mol. The second kappa shape index (κ2) is 8.53. The quantitative estimate of drug-likeness (QED) is 0.314. The van der Waals surface area contributed by atoms with Crippen molar-refractivity contribution >= 4 is 35.0 Å². The second-order valence-corrected chi connectivity index (χ2v) is 7.89. The molecule has 0 bridgehead atoms. The van der Waals surface area contributed by atoms with E-state index in [-0.39, 0.29) is 10.8 Å². The molecule has 0 aliphatic rings. The van der Waals surface area contributed by atoms with Gasteiger partial charge in [0, 0.05) is 11.3 Å². The molecule has 0 saturated carbocycles. The van der Waals surface area contributed by atoms with Crippen LogP contribution in [0.15, 0.2) is 71.9 Å². The van der Waals surface area contributed by atoms with Crippen LogP contribution in [0, 0.1) is 11.6 Å². The molecule has 1 aromatic heterocycles. The van der Waals surface area contributed by atoms with Gasteiger partial charge in [0.2, 0.25) is 0 Å². The normalized spacial score (nSPS) is 11.0. The molecular weight excluding hydrogens is 435 g/mol. The van der Waals surface area contributed by atoms with E-state index in [1.165, 1.54) is 30.0 Å². The second-order valence-electron chi connectivity index (χ2n) is 6.14. The third kappa shape index (κ3) is 4.29. The summed E-state index contributed by atoms with van der Waals surface area (Å²) in [4.78, 5) is 0. The lowest BCUT2D eigenvalue weighted by atomic mass is 10.2. The van der Waals surface area contributed by atoms with Gasteiger partial charge in [-0.05, 0) is 54.1 Å². The van der Waals surface area contributed by atoms with Gasteiger partial charge in [-0.2, -0.15) is 0 Å². The largest absolute Gasteiger partial charge is 0.269 e. The van der Waals surface area contributed by atoms with Gasteiger partial charge in [0.05, 0.1) is 15.7 Å². The summed E-state index contributed by atoms with van der Waals surface area (Å²) in [7, 11) is 0. The van der Waals surface area contributed by atoms with Gasteiger partial charge in [0.15, 0.2) is 11.0 Å². The summed E-state index contributed by atoms with van der Waals surface area (Å²) in [5.74, 6) is 0.253. The molecule has 0 fully saturated rings. The fourth-order valence-electron chi connectivity index (χ4n) is 2.78. The summed E-state index contributed by atoms with van der Waals surface area (Å²) < 4.78 is 28.6. The summed E-state index contributed by atoms with van der Waals surface area (Å²) in [6.45, 7) is 0.